The summed E-state index contributed by atoms with van der Waals surface area (Å²) in [5, 5.41) is 9.15. The van der Waals surface area contributed by atoms with Crippen LogP contribution in [0, 0.1) is 5.82 Å². The van der Waals surface area contributed by atoms with Crippen LogP contribution in [0.3, 0.4) is 0 Å². The van der Waals surface area contributed by atoms with E-state index in [2.05, 4.69) is 11.8 Å². The van der Waals surface area contributed by atoms with Gasteiger partial charge in [-0.1, -0.05) is 12.1 Å². The van der Waals surface area contributed by atoms with Crippen molar-refractivity contribution in [3.63, 3.8) is 0 Å². The molecule has 0 bridgehead atoms. The molecular formula is C18H20FN3O. The summed E-state index contributed by atoms with van der Waals surface area (Å²) in [6, 6.07) is 5.44. The summed E-state index contributed by atoms with van der Waals surface area (Å²) in [7, 11) is 0. The summed E-state index contributed by atoms with van der Waals surface area (Å²) in [5.74, 6) is 0.389. The van der Waals surface area contributed by atoms with E-state index in [0.29, 0.717) is 11.6 Å². The minimum absolute atomic E-state index is 0.287. The van der Waals surface area contributed by atoms with Crippen LogP contribution < -0.4 is 4.90 Å². The molecule has 1 aromatic carbocycles. The standard InChI is InChI=1S/C18H20FN3O/c1-11-7-8-22(11)18-20-16-4-2-3-14(16)17(21-18)12-5-6-13(10-23)15(19)9-12/h5-6,9,11,23H,2-4,7-8,10H2,1H3/t11-/m0/s1. The van der Waals surface area contributed by atoms with Crippen molar-refractivity contribution in [3.8, 4) is 11.3 Å². The summed E-state index contributed by atoms with van der Waals surface area (Å²) in [6.07, 6.45) is 4.16. The van der Waals surface area contributed by atoms with Crippen molar-refractivity contribution in [1.29, 1.82) is 0 Å². The van der Waals surface area contributed by atoms with Crippen LogP contribution in [0.15, 0.2) is 18.2 Å². The number of hydrogen-bond acceptors (Lipinski definition) is 4. The van der Waals surface area contributed by atoms with E-state index in [0.717, 1.165) is 60.7 Å². The van der Waals surface area contributed by atoms with Gasteiger partial charge in [0.25, 0.3) is 0 Å². The quantitative estimate of drug-likeness (QED) is 0.946. The molecule has 4 nitrogen and oxygen atoms in total. The van der Waals surface area contributed by atoms with Crippen molar-refractivity contribution in [2.45, 2.75) is 45.3 Å². The number of hydrogen-bond donors (Lipinski definition) is 1. The highest BCUT2D eigenvalue weighted by Crippen LogP contribution is 2.34. The Morgan fingerprint density at radius 2 is 2.17 bits per heavy atom. The summed E-state index contributed by atoms with van der Waals surface area (Å²) >= 11 is 0. The van der Waals surface area contributed by atoms with E-state index in [1.54, 1.807) is 6.07 Å². The smallest absolute Gasteiger partial charge is 0.226 e. The first-order valence-electron chi connectivity index (χ1n) is 8.23. The molecule has 0 spiro atoms. The molecule has 1 aromatic heterocycles. The summed E-state index contributed by atoms with van der Waals surface area (Å²) < 4.78 is 14.1. The van der Waals surface area contributed by atoms with Crippen LogP contribution in [-0.4, -0.2) is 27.7 Å². The van der Waals surface area contributed by atoms with Crippen LogP contribution in [0.2, 0.25) is 0 Å². The maximum atomic E-state index is 14.1. The Hall–Kier alpha value is -2.01. The number of aliphatic hydroxyl groups excluding tert-OH is 1. The SMILES string of the molecule is C[C@H]1CCN1c1nc2c(c(-c3ccc(CO)c(F)c3)n1)CCC2. The van der Waals surface area contributed by atoms with E-state index in [1.165, 1.54) is 6.07 Å². The summed E-state index contributed by atoms with van der Waals surface area (Å²) in [4.78, 5) is 11.7. The normalized spacial score (nSPS) is 19.6. The number of halogens is 1. The Balaban J connectivity index is 1.82. The van der Waals surface area contributed by atoms with Crippen LogP contribution in [-0.2, 0) is 19.4 Å². The van der Waals surface area contributed by atoms with E-state index in [4.69, 9.17) is 15.1 Å². The van der Waals surface area contributed by atoms with Crippen molar-refractivity contribution in [2.75, 3.05) is 11.4 Å². The Kier molecular flexibility index (Phi) is 3.53. The fourth-order valence-corrected chi connectivity index (χ4v) is 3.42. The molecule has 1 atom stereocenters. The fourth-order valence-electron chi connectivity index (χ4n) is 3.42. The van der Waals surface area contributed by atoms with Gasteiger partial charge in [0, 0.05) is 35.0 Å². The lowest BCUT2D eigenvalue weighted by Gasteiger charge is -2.39. The number of aliphatic hydroxyl groups is 1. The van der Waals surface area contributed by atoms with Crippen LogP contribution >= 0.6 is 0 Å². The van der Waals surface area contributed by atoms with Gasteiger partial charge < -0.3 is 10.0 Å². The third-order valence-electron chi connectivity index (χ3n) is 4.99. The largest absolute Gasteiger partial charge is 0.392 e. The van der Waals surface area contributed by atoms with Crippen LogP contribution in [0.5, 0.6) is 0 Å². The zero-order valence-electron chi connectivity index (χ0n) is 13.2. The molecule has 0 radical (unpaired) electrons. The molecule has 1 N–H and O–H groups in total. The number of aryl methyl sites for hydroxylation is 1. The van der Waals surface area contributed by atoms with Gasteiger partial charge in [-0.15, -0.1) is 0 Å². The molecule has 0 unspecified atom stereocenters. The molecule has 2 aliphatic rings. The maximum Gasteiger partial charge on any atom is 0.226 e. The zero-order valence-corrected chi connectivity index (χ0v) is 13.2. The van der Waals surface area contributed by atoms with Gasteiger partial charge in [0.05, 0.1) is 12.3 Å². The Morgan fingerprint density at radius 3 is 2.83 bits per heavy atom. The number of anilines is 1. The van der Waals surface area contributed by atoms with E-state index < -0.39 is 0 Å². The topological polar surface area (TPSA) is 49.2 Å². The lowest BCUT2D eigenvalue weighted by Crippen LogP contribution is -2.46. The molecule has 1 aliphatic heterocycles. The number of nitrogens with zero attached hydrogens (tertiary/aromatic N) is 3. The lowest BCUT2D eigenvalue weighted by atomic mass is 10.0. The summed E-state index contributed by atoms with van der Waals surface area (Å²) in [6.45, 7) is 2.87. The number of aromatic nitrogens is 2. The molecule has 0 amide bonds. The molecular weight excluding hydrogens is 293 g/mol. The minimum atomic E-state index is -0.380. The first kappa shape index (κ1) is 14.6. The predicted octanol–water partition coefficient (Wildman–Crippen LogP) is 2.86. The second-order valence-corrected chi connectivity index (χ2v) is 6.45. The van der Waals surface area contributed by atoms with Crippen LogP contribution in [0.4, 0.5) is 10.3 Å². The van der Waals surface area contributed by atoms with Gasteiger partial charge in [-0.25, -0.2) is 14.4 Å². The van der Waals surface area contributed by atoms with Crippen LogP contribution in [0.1, 0.15) is 36.6 Å². The van der Waals surface area contributed by atoms with Gasteiger partial charge in [0.15, 0.2) is 0 Å². The molecule has 5 heteroatoms. The highest BCUT2D eigenvalue weighted by atomic mass is 19.1. The predicted molar refractivity (Wildman–Crippen MR) is 86.8 cm³/mol. The lowest BCUT2D eigenvalue weighted by molar-refractivity contribution is 0.276. The van der Waals surface area contributed by atoms with Gasteiger partial charge in [-0.05, 0) is 38.7 Å². The monoisotopic (exact) mass is 313 g/mol. The van der Waals surface area contributed by atoms with Crippen molar-refractivity contribution in [2.24, 2.45) is 0 Å². The molecule has 4 rings (SSSR count). The Morgan fingerprint density at radius 1 is 1.30 bits per heavy atom. The molecule has 0 saturated carbocycles. The Bertz CT molecular complexity index is 762. The van der Waals surface area contributed by atoms with Gasteiger partial charge in [-0.3, -0.25) is 0 Å². The molecule has 120 valence electrons. The molecule has 1 fully saturated rings. The molecule has 23 heavy (non-hydrogen) atoms. The van der Waals surface area contributed by atoms with Crippen molar-refractivity contribution >= 4 is 5.95 Å². The van der Waals surface area contributed by atoms with E-state index in [9.17, 15) is 4.39 Å². The minimum Gasteiger partial charge on any atom is -0.392 e. The number of rotatable bonds is 3. The highest BCUT2D eigenvalue weighted by molar-refractivity contribution is 5.67. The van der Waals surface area contributed by atoms with Gasteiger partial charge >= 0.3 is 0 Å². The van der Waals surface area contributed by atoms with E-state index in [-0.39, 0.29) is 12.4 Å². The van der Waals surface area contributed by atoms with Crippen molar-refractivity contribution in [1.82, 2.24) is 9.97 Å². The Labute approximate surface area is 135 Å². The molecule has 1 aliphatic carbocycles. The third kappa shape index (κ3) is 2.39. The second-order valence-electron chi connectivity index (χ2n) is 6.45. The van der Waals surface area contributed by atoms with Crippen molar-refractivity contribution in [3.05, 3.63) is 40.8 Å². The van der Waals surface area contributed by atoms with Gasteiger partial charge in [0.1, 0.15) is 5.82 Å². The molecule has 2 heterocycles. The maximum absolute atomic E-state index is 14.1. The van der Waals surface area contributed by atoms with E-state index in [1.807, 2.05) is 6.07 Å². The molecule has 1 saturated heterocycles. The molecule has 2 aromatic rings. The van der Waals surface area contributed by atoms with Gasteiger partial charge in [-0.2, -0.15) is 0 Å². The van der Waals surface area contributed by atoms with Crippen molar-refractivity contribution < 1.29 is 9.50 Å². The second kappa shape index (κ2) is 5.57. The zero-order chi connectivity index (χ0) is 16.0. The van der Waals surface area contributed by atoms with Gasteiger partial charge in [0.2, 0.25) is 5.95 Å². The summed E-state index contributed by atoms with van der Waals surface area (Å²) in [5.41, 5.74) is 4.20. The fraction of sp³-hybridized carbons (Fsp3) is 0.444. The average molecular weight is 313 g/mol. The van der Waals surface area contributed by atoms with Crippen LogP contribution in [0.25, 0.3) is 11.3 Å². The van der Waals surface area contributed by atoms with E-state index >= 15 is 0 Å². The average Bonchev–Trinajstić information content (AvgIpc) is 3.01. The number of fused-ring (bicyclic) bond motifs is 1. The first-order valence-corrected chi connectivity index (χ1v) is 8.23. The first-order chi connectivity index (χ1) is 11.2. The number of benzene rings is 1. The third-order valence-corrected chi connectivity index (χ3v) is 4.99. The highest BCUT2D eigenvalue weighted by Gasteiger charge is 2.29.